The van der Waals surface area contributed by atoms with Crippen LogP contribution in [0, 0.1) is 0 Å². The third-order valence-corrected chi connectivity index (χ3v) is 5.63. The Hall–Kier alpha value is -2.90. The van der Waals surface area contributed by atoms with Crippen molar-refractivity contribution in [2.24, 2.45) is 0 Å². The van der Waals surface area contributed by atoms with Crippen LogP contribution in [0.25, 0.3) is 12.2 Å². The van der Waals surface area contributed by atoms with Crippen LogP contribution in [0.4, 0.5) is 0 Å². The highest BCUT2D eigenvalue weighted by molar-refractivity contribution is 7.89. The van der Waals surface area contributed by atoms with Gasteiger partial charge in [0.25, 0.3) is 0 Å². The van der Waals surface area contributed by atoms with Crippen molar-refractivity contribution in [3.05, 3.63) is 71.8 Å². The summed E-state index contributed by atoms with van der Waals surface area (Å²) in [5.41, 5.74) is 1.56. The number of sulfonamides is 1. The maximum Gasteiger partial charge on any atom is 0.331 e. The van der Waals surface area contributed by atoms with Crippen LogP contribution in [0.5, 0.6) is 5.75 Å². The summed E-state index contributed by atoms with van der Waals surface area (Å²) >= 11 is 0. The third-order valence-electron chi connectivity index (χ3n) is 3.79. The average molecular weight is 401 g/mol. The van der Waals surface area contributed by atoms with E-state index in [1.807, 2.05) is 36.4 Å². The van der Waals surface area contributed by atoms with E-state index in [0.717, 1.165) is 9.87 Å². The zero-order valence-electron chi connectivity index (χ0n) is 16.0. The summed E-state index contributed by atoms with van der Waals surface area (Å²) in [5, 5.41) is 0. The first-order valence-corrected chi connectivity index (χ1v) is 9.95. The fourth-order valence-electron chi connectivity index (χ4n) is 2.29. The van der Waals surface area contributed by atoms with Gasteiger partial charge in [0.2, 0.25) is 10.0 Å². The molecule has 0 heterocycles. The smallest absolute Gasteiger partial charge is 0.331 e. The van der Waals surface area contributed by atoms with Crippen LogP contribution in [0.3, 0.4) is 0 Å². The van der Waals surface area contributed by atoms with Gasteiger partial charge in [-0.25, -0.2) is 17.5 Å². The topological polar surface area (TPSA) is 72.9 Å². The Labute approximate surface area is 165 Å². The van der Waals surface area contributed by atoms with Crippen LogP contribution >= 0.6 is 0 Å². The normalized spacial score (nSPS) is 12.0. The summed E-state index contributed by atoms with van der Waals surface area (Å²) in [6.45, 7) is 0.140. The summed E-state index contributed by atoms with van der Waals surface area (Å²) in [7, 11) is 0.611. The lowest BCUT2D eigenvalue weighted by atomic mass is 10.2. The van der Waals surface area contributed by atoms with E-state index in [2.05, 4.69) is 0 Å². The van der Waals surface area contributed by atoms with Crippen molar-refractivity contribution in [1.29, 1.82) is 0 Å². The van der Waals surface area contributed by atoms with Gasteiger partial charge in [-0.1, -0.05) is 42.5 Å². The first-order chi connectivity index (χ1) is 13.3. The lowest BCUT2D eigenvalue weighted by molar-refractivity contribution is -0.136. The van der Waals surface area contributed by atoms with Crippen molar-refractivity contribution in [3.63, 3.8) is 0 Å². The van der Waals surface area contributed by atoms with Crippen LogP contribution in [0.15, 0.2) is 65.6 Å². The molecule has 0 amide bonds. The number of esters is 1. The molecule has 0 saturated carbocycles. The Balaban J connectivity index is 2.03. The molecule has 0 radical (unpaired) electrons. The van der Waals surface area contributed by atoms with Gasteiger partial charge in [-0.3, -0.25) is 0 Å². The lowest BCUT2D eigenvalue weighted by Gasteiger charge is -2.14. The molecule has 0 aromatic heterocycles. The maximum absolute atomic E-state index is 12.4. The van der Waals surface area contributed by atoms with E-state index in [4.69, 9.17) is 9.47 Å². The number of carbonyl (C=O) groups is 1. The molecular formula is C21H23NO5S. The second-order valence-corrected chi connectivity index (χ2v) is 8.09. The molecule has 0 spiro atoms. The quantitative estimate of drug-likeness (QED) is 0.502. The van der Waals surface area contributed by atoms with Gasteiger partial charge in [0.15, 0.2) is 0 Å². The van der Waals surface area contributed by atoms with Gasteiger partial charge in [0.1, 0.15) is 17.3 Å². The van der Waals surface area contributed by atoms with Gasteiger partial charge in [-0.2, -0.15) is 0 Å². The van der Waals surface area contributed by atoms with E-state index < -0.39 is 16.0 Å². The summed E-state index contributed by atoms with van der Waals surface area (Å²) in [6, 6.07) is 14.3. The van der Waals surface area contributed by atoms with Crippen molar-refractivity contribution in [2.75, 3.05) is 27.8 Å². The van der Waals surface area contributed by atoms with E-state index in [-0.39, 0.29) is 17.3 Å². The molecule has 28 heavy (non-hydrogen) atoms. The van der Waals surface area contributed by atoms with Gasteiger partial charge >= 0.3 is 5.97 Å². The van der Waals surface area contributed by atoms with Gasteiger partial charge < -0.3 is 9.47 Å². The highest BCUT2D eigenvalue weighted by atomic mass is 32.2. The molecule has 0 aliphatic rings. The summed E-state index contributed by atoms with van der Waals surface area (Å²) < 4.78 is 36.2. The first kappa shape index (κ1) is 21.4. The number of methoxy groups -OCH3 is 1. The number of hydrogen-bond donors (Lipinski definition) is 0. The maximum atomic E-state index is 12.4. The zero-order chi connectivity index (χ0) is 20.6. The van der Waals surface area contributed by atoms with E-state index in [1.54, 1.807) is 18.2 Å². The molecule has 0 N–H and O–H groups in total. The van der Waals surface area contributed by atoms with Crippen molar-refractivity contribution >= 4 is 28.1 Å². The molecule has 0 fully saturated rings. The molecule has 2 aromatic rings. The van der Waals surface area contributed by atoms with Crippen molar-refractivity contribution < 1.29 is 22.7 Å². The van der Waals surface area contributed by atoms with Crippen molar-refractivity contribution in [3.8, 4) is 5.75 Å². The van der Waals surface area contributed by atoms with Crippen LogP contribution in [-0.4, -0.2) is 46.5 Å². The second-order valence-electron chi connectivity index (χ2n) is 5.97. The number of nitrogens with zero attached hydrogens (tertiary/aromatic N) is 1. The minimum atomic E-state index is -3.68. The van der Waals surface area contributed by atoms with Crippen molar-refractivity contribution in [1.82, 2.24) is 4.31 Å². The summed E-state index contributed by atoms with van der Waals surface area (Å²) in [5.74, 6) is -0.287. The standard InChI is InChI=1S/C21H23NO5S/c1-22(2)28(24,25)20-16-18(11-13-19(20)26-3)12-14-21(23)27-15-7-10-17-8-5-4-6-9-17/h4-14,16H,15H2,1-3H3/b10-7+,14-12+. The van der Waals surface area contributed by atoms with Gasteiger partial charge in [-0.15, -0.1) is 0 Å². The molecule has 0 saturated heterocycles. The molecule has 0 unspecified atom stereocenters. The largest absolute Gasteiger partial charge is 0.495 e. The van der Waals surface area contributed by atoms with Crippen LogP contribution in [0.2, 0.25) is 0 Å². The predicted molar refractivity (Wildman–Crippen MR) is 109 cm³/mol. The highest BCUT2D eigenvalue weighted by Gasteiger charge is 2.22. The van der Waals surface area contributed by atoms with Crippen LogP contribution < -0.4 is 4.74 Å². The first-order valence-electron chi connectivity index (χ1n) is 8.51. The summed E-state index contributed by atoms with van der Waals surface area (Å²) in [4.78, 5) is 11.9. The minimum absolute atomic E-state index is 0.0290. The summed E-state index contributed by atoms with van der Waals surface area (Å²) in [6.07, 6.45) is 6.36. The SMILES string of the molecule is COc1ccc(/C=C/C(=O)OC/C=C/c2ccccc2)cc1S(=O)(=O)N(C)C. The fraction of sp³-hybridized carbons (Fsp3) is 0.190. The molecule has 0 atom stereocenters. The Morgan fingerprint density at radius 2 is 1.75 bits per heavy atom. The predicted octanol–water partition coefficient (Wildman–Crippen LogP) is 3.22. The highest BCUT2D eigenvalue weighted by Crippen LogP contribution is 2.27. The third kappa shape index (κ3) is 5.80. The lowest BCUT2D eigenvalue weighted by Crippen LogP contribution is -2.22. The average Bonchev–Trinajstić information content (AvgIpc) is 2.70. The van der Waals surface area contributed by atoms with Gasteiger partial charge in [-0.05, 0) is 35.4 Å². The number of hydrogen-bond acceptors (Lipinski definition) is 5. The molecule has 0 aliphatic carbocycles. The van der Waals surface area contributed by atoms with Gasteiger partial charge in [0.05, 0.1) is 7.11 Å². The van der Waals surface area contributed by atoms with Gasteiger partial charge in [0, 0.05) is 20.2 Å². The Bertz CT molecular complexity index is 964. The number of benzene rings is 2. The Kier molecular flexibility index (Phi) is 7.54. The molecule has 2 rings (SSSR count). The zero-order valence-corrected chi connectivity index (χ0v) is 16.8. The fourth-order valence-corrected chi connectivity index (χ4v) is 3.37. The number of rotatable bonds is 8. The van der Waals surface area contributed by atoms with E-state index in [9.17, 15) is 13.2 Å². The molecule has 6 nitrogen and oxygen atoms in total. The molecular weight excluding hydrogens is 378 g/mol. The van der Waals surface area contributed by atoms with Crippen LogP contribution in [-0.2, 0) is 19.6 Å². The molecule has 7 heteroatoms. The van der Waals surface area contributed by atoms with E-state index in [0.29, 0.717) is 5.56 Å². The van der Waals surface area contributed by atoms with E-state index in [1.165, 1.54) is 39.4 Å². The number of ether oxygens (including phenoxy) is 2. The van der Waals surface area contributed by atoms with E-state index >= 15 is 0 Å². The minimum Gasteiger partial charge on any atom is -0.495 e. The molecule has 148 valence electrons. The number of carbonyl (C=O) groups excluding carboxylic acids is 1. The Morgan fingerprint density at radius 3 is 2.39 bits per heavy atom. The van der Waals surface area contributed by atoms with Crippen molar-refractivity contribution in [2.45, 2.75) is 4.90 Å². The molecule has 0 aliphatic heterocycles. The molecule has 2 aromatic carbocycles. The second kappa shape index (κ2) is 9.87. The Morgan fingerprint density at radius 1 is 1.04 bits per heavy atom. The molecule has 0 bridgehead atoms. The monoisotopic (exact) mass is 401 g/mol. The van der Waals surface area contributed by atoms with Crippen LogP contribution in [0.1, 0.15) is 11.1 Å².